The third-order valence-electron chi connectivity index (χ3n) is 3.88. The number of aliphatic hydroxyl groups excluding tert-OH is 1. The molecule has 1 aliphatic rings. The molecule has 0 aliphatic carbocycles. The number of carboxylic acid groups (broad SMARTS) is 1. The smallest absolute Gasteiger partial charge is 0.313 e. The van der Waals surface area contributed by atoms with Gasteiger partial charge in [0, 0.05) is 0 Å². The number of aliphatic hydroxyl groups is 1. The zero-order chi connectivity index (χ0) is 15.0. The SMILES string of the molecule is Cc1ccc(CC2(C(=O)O)CS(=O)(=O)CCC2O)cc1. The molecule has 2 N–H and O–H groups in total. The fourth-order valence-electron chi connectivity index (χ4n) is 2.65. The number of aryl methyl sites for hydroxylation is 1. The number of benzene rings is 1. The van der Waals surface area contributed by atoms with Crippen LogP contribution in [0.15, 0.2) is 24.3 Å². The van der Waals surface area contributed by atoms with E-state index in [-0.39, 0.29) is 18.6 Å². The second kappa shape index (κ2) is 5.18. The number of rotatable bonds is 3. The average Bonchev–Trinajstić information content (AvgIpc) is 2.36. The van der Waals surface area contributed by atoms with Crippen molar-refractivity contribution in [1.82, 2.24) is 0 Å². The second-order valence-electron chi connectivity index (χ2n) is 5.52. The second-order valence-corrected chi connectivity index (χ2v) is 7.70. The van der Waals surface area contributed by atoms with Crippen LogP contribution < -0.4 is 0 Å². The van der Waals surface area contributed by atoms with Gasteiger partial charge in [-0.05, 0) is 25.3 Å². The lowest BCUT2D eigenvalue weighted by Crippen LogP contribution is -2.53. The van der Waals surface area contributed by atoms with Gasteiger partial charge in [0.25, 0.3) is 0 Å². The van der Waals surface area contributed by atoms with Gasteiger partial charge in [-0.3, -0.25) is 4.79 Å². The Balaban J connectivity index is 2.38. The van der Waals surface area contributed by atoms with E-state index < -0.39 is 33.1 Å². The van der Waals surface area contributed by atoms with Gasteiger partial charge in [-0.1, -0.05) is 29.8 Å². The van der Waals surface area contributed by atoms with Crippen molar-refractivity contribution in [2.75, 3.05) is 11.5 Å². The number of sulfone groups is 1. The third kappa shape index (κ3) is 2.86. The normalized spacial score (nSPS) is 29.0. The molecule has 1 aromatic rings. The van der Waals surface area contributed by atoms with Crippen LogP contribution in [-0.2, 0) is 21.1 Å². The maximum Gasteiger partial charge on any atom is 0.313 e. The molecular formula is C14H18O5S. The van der Waals surface area contributed by atoms with Crippen LogP contribution in [0.4, 0.5) is 0 Å². The molecule has 0 saturated carbocycles. The molecule has 1 aliphatic heterocycles. The average molecular weight is 298 g/mol. The molecule has 1 saturated heterocycles. The molecule has 1 fully saturated rings. The predicted molar refractivity (Wildman–Crippen MR) is 74.2 cm³/mol. The van der Waals surface area contributed by atoms with Gasteiger partial charge >= 0.3 is 5.97 Å². The van der Waals surface area contributed by atoms with Crippen LogP contribution in [0.5, 0.6) is 0 Å². The Bertz CT molecular complexity index is 605. The van der Waals surface area contributed by atoms with Crippen molar-refractivity contribution < 1.29 is 23.4 Å². The van der Waals surface area contributed by atoms with E-state index >= 15 is 0 Å². The molecule has 2 atom stereocenters. The number of carboxylic acids is 1. The maximum absolute atomic E-state index is 11.8. The van der Waals surface area contributed by atoms with Gasteiger partial charge in [0.15, 0.2) is 9.84 Å². The number of carbonyl (C=O) groups is 1. The van der Waals surface area contributed by atoms with Crippen molar-refractivity contribution >= 4 is 15.8 Å². The topological polar surface area (TPSA) is 91.7 Å². The maximum atomic E-state index is 11.8. The van der Waals surface area contributed by atoms with E-state index in [0.29, 0.717) is 5.56 Å². The summed E-state index contributed by atoms with van der Waals surface area (Å²) in [6, 6.07) is 7.23. The summed E-state index contributed by atoms with van der Waals surface area (Å²) in [6.45, 7) is 1.91. The third-order valence-corrected chi connectivity index (χ3v) is 5.70. The van der Waals surface area contributed by atoms with Gasteiger partial charge in [0.05, 0.1) is 17.6 Å². The van der Waals surface area contributed by atoms with E-state index in [1.165, 1.54) is 0 Å². The standard InChI is InChI=1S/C14H18O5S/c1-10-2-4-11(5-3-10)8-14(13(16)17)9-20(18,19)7-6-12(14)15/h2-5,12,15H,6-9H2,1H3,(H,16,17). The highest BCUT2D eigenvalue weighted by Gasteiger charge is 2.51. The summed E-state index contributed by atoms with van der Waals surface area (Å²) in [5.41, 5.74) is 0.107. The van der Waals surface area contributed by atoms with Crippen molar-refractivity contribution in [3.63, 3.8) is 0 Å². The Kier molecular flexibility index (Phi) is 3.88. The largest absolute Gasteiger partial charge is 0.481 e. The van der Waals surface area contributed by atoms with Crippen molar-refractivity contribution in [3.8, 4) is 0 Å². The lowest BCUT2D eigenvalue weighted by molar-refractivity contribution is -0.155. The molecule has 2 unspecified atom stereocenters. The molecule has 1 heterocycles. The molecule has 0 bridgehead atoms. The van der Waals surface area contributed by atoms with Crippen LogP contribution >= 0.6 is 0 Å². The van der Waals surface area contributed by atoms with Crippen LogP contribution in [0, 0.1) is 12.3 Å². The Morgan fingerprint density at radius 3 is 2.50 bits per heavy atom. The van der Waals surface area contributed by atoms with E-state index in [9.17, 15) is 23.4 Å². The summed E-state index contributed by atoms with van der Waals surface area (Å²) in [5.74, 6) is -1.92. The first kappa shape index (κ1) is 15.0. The van der Waals surface area contributed by atoms with Crippen LogP contribution in [-0.4, -0.2) is 42.2 Å². The van der Waals surface area contributed by atoms with Crippen LogP contribution in [0.25, 0.3) is 0 Å². The highest BCUT2D eigenvalue weighted by molar-refractivity contribution is 7.91. The highest BCUT2D eigenvalue weighted by atomic mass is 32.2. The molecule has 6 heteroatoms. The van der Waals surface area contributed by atoms with Crippen molar-refractivity contribution in [2.24, 2.45) is 5.41 Å². The first-order chi connectivity index (χ1) is 9.25. The fraction of sp³-hybridized carbons (Fsp3) is 0.500. The summed E-state index contributed by atoms with van der Waals surface area (Å²) in [6.07, 6.45) is -1.16. The van der Waals surface area contributed by atoms with Gasteiger partial charge in [0.2, 0.25) is 0 Å². The van der Waals surface area contributed by atoms with Crippen molar-refractivity contribution in [1.29, 1.82) is 0 Å². The Morgan fingerprint density at radius 2 is 1.95 bits per heavy atom. The quantitative estimate of drug-likeness (QED) is 0.860. The molecule has 2 rings (SSSR count). The molecule has 0 spiro atoms. The number of hydrogen-bond donors (Lipinski definition) is 2. The van der Waals surface area contributed by atoms with Gasteiger partial charge < -0.3 is 10.2 Å². The molecule has 110 valence electrons. The lowest BCUT2D eigenvalue weighted by atomic mass is 9.77. The van der Waals surface area contributed by atoms with Crippen molar-refractivity contribution in [3.05, 3.63) is 35.4 Å². The number of hydrogen-bond acceptors (Lipinski definition) is 4. The van der Waals surface area contributed by atoms with Crippen LogP contribution in [0.2, 0.25) is 0 Å². The monoisotopic (exact) mass is 298 g/mol. The molecule has 0 aromatic heterocycles. The highest BCUT2D eigenvalue weighted by Crippen LogP contribution is 2.36. The lowest BCUT2D eigenvalue weighted by Gasteiger charge is -2.37. The Morgan fingerprint density at radius 1 is 1.35 bits per heavy atom. The molecule has 0 amide bonds. The number of aliphatic carboxylic acids is 1. The zero-order valence-electron chi connectivity index (χ0n) is 11.2. The van der Waals surface area contributed by atoms with Gasteiger partial charge in [-0.25, -0.2) is 8.42 Å². The zero-order valence-corrected chi connectivity index (χ0v) is 12.1. The van der Waals surface area contributed by atoms with Crippen LogP contribution in [0.3, 0.4) is 0 Å². The Hall–Kier alpha value is -1.40. The van der Waals surface area contributed by atoms with E-state index in [1.54, 1.807) is 12.1 Å². The molecule has 1 aromatic carbocycles. The summed E-state index contributed by atoms with van der Waals surface area (Å²) >= 11 is 0. The molecule has 5 nitrogen and oxygen atoms in total. The van der Waals surface area contributed by atoms with Crippen LogP contribution in [0.1, 0.15) is 17.5 Å². The first-order valence-electron chi connectivity index (χ1n) is 6.43. The summed E-state index contributed by atoms with van der Waals surface area (Å²) in [4.78, 5) is 11.6. The van der Waals surface area contributed by atoms with E-state index in [1.807, 2.05) is 19.1 Å². The van der Waals surface area contributed by atoms with Gasteiger partial charge in [-0.15, -0.1) is 0 Å². The first-order valence-corrected chi connectivity index (χ1v) is 8.25. The molecule has 20 heavy (non-hydrogen) atoms. The van der Waals surface area contributed by atoms with Gasteiger partial charge in [-0.2, -0.15) is 0 Å². The van der Waals surface area contributed by atoms with E-state index in [4.69, 9.17) is 0 Å². The minimum atomic E-state index is -3.44. The summed E-state index contributed by atoms with van der Waals surface area (Å²) in [7, 11) is -3.44. The fourth-order valence-corrected chi connectivity index (χ4v) is 4.58. The minimum Gasteiger partial charge on any atom is -0.481 e. The predicted octanol–water partition coefficient (Wildman–Crippen LogP) is 0.788. The van der Waals surface area contributed by atoms with E-state index in [0.717, 1.165) is 5.56 Å². The summed E-state index contributed by atoms with van der Waals surface area (Å²) < 4.78 is 23.6. The van der Waals surface area contributed by atoms with E-state index in [2.05, 4.69) is 0 Å². The Labute approximate surface area is 118 Å². The molecule has 0 radical (unpaired) electrons. The minimum absolute atomic E-state index is 0.0169. The summed E-state index contributed by atoms with van der Waals surface area (Å²) in [5, 5.41) is 19.6. The van der Waals surface area contributed by atoms with Gasteiger partial charge in [0.1, 0.15) is 5.41 Å². The molecular weight excluding hydrogens is 280 g/mol. The van der Waals surface area contributed by atoms with Crippen molar-refractivity contribution in [2.45, 2.75) is 25.9 Å².